The van der Waals surface area contributed by atoms with Crippen molar-refractivity contribution in [2.45, 2.75) is 220 Å². The summed E-state index contributed by atoms with van der Waals surface area (Å²) in [5.41, 5.74) is -0.496. The zero-order valence-electron chi connectivity index (χ0n) is 27.6. The van der Waals surface area contributed by atoms with Crippen LogP contribution in [0.25, 0.3) is 0 Å². The standard InChI is InChI=1S/C37H74O2/c1-5-9-11-13-15-17-19-21-23-25-27-29-31-33-35(7-3)37(8-4,36(38)39)34-32-30-28-26-24-22-20-18-16-14-12-10-6-2/h35H,5-34H2,1-4H3,(H,38,39). The molecular formula is C37H74O2. The topological polar surface area (TPSA) is 37.3 Å². The Morgan fingerprint density at radius 3 is 1.08 bits per heavy atom. The van der Waals surface area contributed by atoms with Crippen molar-refractivity contribution in [3.05, 3.63) is 0 Å². The van der Waals surface area contributed by atoms with Gasteiger partial charge in [0.05, 0.1) is 5.41 Å². The first-order valence-corrected chi connectivity index (χ1v) is 18.3. The van der Waals surface area contributed by atoms with E-state index in [1.54, 1.807) is 0 Å². The largest absolute Gasteiger partial charge is 0.481 e. The molecule has 0 radical (unpaired) electrons. The SMILES string of the molecule is CCCCCCCCCCCCCCCC(CC)C(CC)(CCCCCCCCCCCCCCC)C(=O)O. The Labute approximate surface area is 247 Å². The number of aliphatic carboxylic acids is 1. The predicted molar refractivity (Wildman–Crippen MR) is 175 cm³/mol. The van der Waals surface area contributed by atoms with Crippen LogP contribution < -0.4 is 0 Å². The van der Waals surface area contributed by atoms with Crippen molar-refractivity contribution in [2.24, 2.45) is 11.3 Å². The second-order valence-corrected chi connectivity index (χ2v) is 12.9. The number of rotatable bonds is 32. The summed E-state index contributed by atoms with van der Waals surface area (Å²) in [6.45, 7) is 8.93. The molecule has 2 heteroatoms. The maximum atomic E-state index is 12.5. The Balaban J connectivity index is 4.00. The minimum atomic E-state index is -0.523. The first kappa shape index (κ1) is 38.5. The van der Waals surface area contributed by atoms with Gasteiger partial charge in [-0.3, -0.25) is 4.79 Å². The quantitative estimate of drug-likeness (QED) is 0.0845. The zero-order valence-corrected chi connectivity index (χ0v) is 27.6. The van der Waals surface area contributed by atoms with Gasteiger partial charge in [0.25, 0.3) is 0 Å². The molecule has 0 aromatic rings. The monoisotopic (exact) mass is 551 g/mol. The molecule has 0 fully saturated rings. The van der Waals surface area contributed by atoms with Crippen molar-refractivity contribution in [1.29, 1.82) is 0 Å². The number of carbonyl (C=O) groups is 1. The van der Waals surface area contributed by atoms with Gasteiger partial charge in [-0.2, -0.15) is 0 Å². The molecule has 0 aromatic heterocycles. The molecule has 39 heavy (non-hydrogen) atoms. The second-order valence-electron chi connectivity index (χ2n) is 12.9. The summed E-state index contributed by atoms with van der Waals surface area (Å²) in [5, 5.41) is 10.3. The number of hydrogen-bond acceptors (Lipinski definition) is 1. The molecule has 0 aromatic carbocycles. The van der Waals surface area contributed by atoms with E-state index < -0.39 is 11.4 Å². The predicted octanol–water partition coefficient (Wildman–Crippen LogP) is 13.5. The van der Waals surface area contributed by atoms with Crippen molar-refractivity contribution >= 4 is 5.97 Å². The molecule has 0 bridgehead atoms. The van der Waals surface area contributed by atoms with E-state index in [0.717, 1.165) is 32.1 Å². The van der Waals surface area contributed by atoms with Gasteiger partial charge in [-0.05, 0) is 25.2 Å². The molecule has 0 heterocycles. The Morgan fingerprint density at radius 2 is 0.795 bits per heavy atom. The van der Waals surface area contributed by atoms with Gasteiger partial charge >= 0.3 is 5.97 Å². The molecule has 1 N–H and O–H groups in total. The Morgan fingerprint density at radius 1 is 0.487 bits per heavy atom. The van der Waals surface area contributed by atoms with Gasteiger partial charge < -0.3 is 5.11 Å². The lowest BCUT2D eigenvalue weighted by molar-refractivity contribution is -0.154. The summed E-state index contributed by atoms with van der Waals surface area (Å²) in [6.07, 6.45) is 39.1. The summed E-state index contributed by atoms with van der Waals surface area (Å²) < 4.78 is 0. The summed E-state index contributed by atoms with van der Waals surface area (Å²) >= 11 is 0. The number of unbranched alkanes of at least 4 members (excludes halogenated alkanes) is 24. The molecule has 0 amide bonds. The molecule has 0 aliphatic rings. The van der Waals surface area contributed by atoms with Gasteiger partial charge in [-0.25, -0.2) is 0 Å². The molecular weight excluding hydrogens is 476 g/mol. The molecule has 0 aliphatic carbocycles. The van der Waals surface area contributed by atoms with Crippen LogP contribution in [0.15, 0.2) is 0 Å². The number of hydrogen-bond donors (Lipinski definition) is 1. The maximum absolute atomic E-state index is 12.5. The lowest BCUT2D eigenvalue weighted by atomic mass is 9.67. The number of carboxylic acid groups (broad SMARTS) is 1. The van der Waals surface area contributed by atoms with Crippen LogP contribution >= 0.6 is 0 Å². The summed E-state index contributed by atoms with van der Waals surface area (Å²) in [6, 6.07) is 0. The Hall–Kier alpha value is -0.530. The highest BCUT2D eigenvalue weighted by molar-refractivity contribution is 5.75. The lowest BCUT2D eigenvalue weighted by Crippen LogP contribution is -2.38. The van der Waals surface area contributed by atoms with Crippen LogP contribution in [-0.2, 0) is 4.79 Å². The molecule has 0 spiro atoms. The smallest absolute Gasteiger partial charge is 0.309 e. The second kappa shape index (κ2) is 29.0. The summed E-state index contributed by atoms with van der Waals surface area (Å²) in [7, 11) is 0. The van der Waals surface area contributed by atoms with Gasteiger partial charge in [0.1, 0.15) is 0 Å². The minimum absolute atomic E-state index is 0.338. The molecule has 2 unspecified atom stereocenters. The van der Waals surface area contributed by atoms with E-state index in [0.29, 0.717) is 5.92 Å². The van der Waals surface area contributed by atoms with Crippen molar-refractivity contribution in [1.82, 2.24) is 0 Å². The third-order valence-electron chi connectivity index (χ3n) is 9.71. The van der Waals surface area contributed by atoms with E-state index in [4.69, 9.17) is 0 Å². The van der Waals surface area contributed by atoms with Crippen LogP contribution in [0.4, 0.5) is 0 Å². The normalized spacial score (nSPS) is 13.9. The van der Waals surface area contributed by atoms with Crippen LogP contribution in [0.3, 0.4) is 0 Å². The third kappa shape index (κ3) is 20.9. The molecule has 0 saturated carbocycles. The zero-order chi connectivity index (χ0) is 28.9. The fraction of sp³-hybridized carbons (Fsp3) is 0.973. The van der Waals surface area contributed by atoms with E-state index in [1.807, 2.05) is 0 Å². The molecule has 0 aliphatic heterocycles. The van der Waals surface area contributed by atoms with Gasteiger partial charge in [0.15, 0.2) is 0 Å². The van der Waals surface area contributed by atoms with Crippen molar-refractivity contribution in [3.63, 3.8) is 0 Å². The van der Waals surface area contributed by atoms with E-state index in [2.05, 4.69) is 27.7 Å². The van der Waals surface area contributed by atoms with E-state index in [9.17, 15) is 9.90 Å². The van der Waals surface area contributed by atoms with Crippen LogP contribution in [-0.4, -0.2) is 11.1 Å². The third-order valence-corrected chi connectivity index (χ3v) is 9.71. The Bertz CT molecular complexity index is 502. The molecule has 0 rings (SSSR count). The highest BCUT2D eigenvalue weighted by atomic mass is 16.4. The summed E-state index contributed by atoms with van der Waals surface area (Å²) in [4.78, 5) is 12.5. The molecule has 2 atom stereocenters. The summed E-state index contributed by atoms with van der Waals surface area (Å²) in [5.74, 6) is -0.185. The molecule has 2 nitrogen and oxygen atoms in total. The number of carboxylic acids is 1. The van der Waals surface area contributed by atoms with Gasteiger partial charge in [-0.15, -0.1) is 0 Å². The fourth-order valence-electron chi connectivity index (χ4n) is 6.84. The highest BCUT2D eigenvalue weighted by Crippen LogP contribution is 2.42. The minimum Gasteiger partial charge on any atom is -0.481 e. The lowest BCUT2D eigenvalue weighted by Gasteiger charge is -2.36. The maximum Gasteiger partial charge on any atom is 0.309 e. The first-order valence-electron chi connectivity index (χ1n) is 18.3. The van der Waals surface area contributed by atoms with Crippen molar-refractivity contribution in [3.8, 4) is 0 Å². The average Bonchev–Trinajstić information content (AvgIpc) is 2.94. The van der Waals surface area contributed by atoms with E-state index in [1.165, 1.54) is 161 Å². The van der Waals surface area contributed by atoms with Crippen LogP contribution in [0.5, 0.6) is 0 Å². The molecule has 0 saturated heterocycles. The van der Waals surface area contributed by atoms with E-state index >= 15 is 0 Å². The van der Waals surface area contributed by atoms with Crippen LogP contribution in [0, 0.1) is 11.3 Å². The fourth-order valence-corrected chi connectivity index (χ4v) is 6.84. The molecule has 234 valence electrons. The van der Waals surface area contributed by atoms with Crippen LogP contribution in [0.2, 0.25) is 0 Å². The van der Waals surface area contributed by atoms with Gasteiger partial charge in [-0.1, -0.05) is 201 Å². The Kier molecular flexibility index (Phi) is 28.6. The average molecular weight is 551 g/mol. The highest BCUT2D eigenvalue weighted by Gasteiger charge is 2.42. The van der Waals surface area contributed by atoms with Crippen LogP contribution in [0.1, 0.15) is 220 Å². The van der Waals surface area contributed by atoms with Crippen molar-refractivity contribution in [2.75, 3.05) is 0 Å². The van der Waals surface area contributed by atoms with Gasteiger partial charge in [0.2, 0.25) is 0 Å². The van der Waals surface area contributed by atoms with Crippen molar-refractivity contribution < 1.29 is 9.90 Å². The van der Waals surface area contributed by atoms with E-state index in [-0.39, 0.29) is 0 Å². The first-order chi connectivity index (χ1) is 19.1. The van der Waals surface area contributed by atoms with Gasteiger partial charge in [0, 0.05) is 0 Å².